The molecule has 0 unspecified atom stereocenters. The third-order valence-electron chi connectivity index (χ3n) is 3.66. The van der Waals surface area contributed by atoms with Crippen LogP contribution in [-0.4, -0.2) is 35.8 Å². The first kappa shape index (κ1) is 20.5. The summed E-state index contributed by atoms with van der Waals surface area (Å²) >= 11 is 1.49. The number of amides is 1. The van der Waals surface area contributed by atoms with Gasteiger partial charge in [-0.3, -0.25) is 9.59 Å². The van der Waals surface area contributed by atoms with Crippen molar-refractivity contribution in [3.63, 3.8) is 0 Å². The highest BCUT2D eigenvalue weighted by Crippen LogP contribution is 2.10. The summed E-state index contributed by atoms with van der Waals surface area (Å²) in [4.78, 5) is 38.8. The maximum Gasteiger partial charge on any atom is 0.331 e. The Morgan fingerprint density at radius 3 is 2.59 bits per heavy atom. The fourth-order valence-electron chi connectivity index (χ4n) is 2.29. The highest BCUT2D eigenvalue weighted by Gasteiger charge is 2.08. The number of aromatic nitrogens is 1. The second-order valence-electron chi connectivity index (χ2n) is 5.94. The molecule has 1 heterocycles. The summed E-state index contributed by atoms with van der Waals surface area (Å²) in [5.74, 6) is -0.878. The predicted molar refractivity (Wildman–Crippen MR) is 105 cm³/mol. The molecule has 2 aromatic rings. The molecule has 7 heteroatoms. The Hall–Kier alpha value is -2.80. The van der Waals surface area contributed by atoms with Crippen LogP contribution in [0.5, 0.6) is 0 Å². The largest absolute Gasteiger partial charge is 0.454 e. The zero-order chi connectivity index (χ0) is 19.6. The van der Waals surface area contributed by atoms with Gasteiger partial charge in [-0.25, -0.2) is 9.78 Å². The average Bonchev–Trinajstić information content (AvgIpc) is 3.07. The number of hydrogen-bond donors (Lipinski definition) is 1. The van der Waals surface area contributed by atoms with Crippen LogP contribution in [0.2, 0.25) is 0 Å². The summed E-state index contributed by atoms with van der Waals surface area (Å²) in [5.41, 5.74) is 2.26. The molecule has 1 aromatic heterocycles. The van der Waals surface area contributed by atoms with Gasteiger partial charge >= 0.3 is 5.97 Å². The van der Waals surface area contributed by atoms with Gasteiger partial charge in [0.15, 0.2) is 12.4 Å². The molecule has 0 aliphatic carbocycles. The lowest BCUT2D eigenvalue weighted by molar-refractivity contribution is -0.136. The van der Waals surface area contributed by atoms with E-state index >= 15 is 0 Å². The smallest absolute Gasteiger partial charge is 0.331 e. The minimum atomic E-state index is -0.580. The van der Waals surface area contributed by atoms with E-state index in [1.165, 1.54) is 24.3 Å². The molecule has 0 aliphatic rings. The Morgan fingerprint density at radius 2 is 1.96 bits per heavy atom. The highest BCUT2D eigenvalue weighted by atomic mass is 32.1. The van der Waals surface area contributed by atoms with Gasteiger partial charge in [-0.1, -0.05) is 24.3 Å². The van der Waals surface area contributed by atoms with Crippen LogP contribution < -0.4 is 5.32 Å². The highest BCUT2D eigenvalue weighted by molar-refractivity contribution is 7.09. The van der Waals surface area contributed by atoms with Crippen LogP contribution in [0, 0.1) is 6.92 Å². The zero-order valence-electron chi connectivity index (χ0n) is 15.4. The molecule has 27 heavy (non-hydrogen) atoms. The van der Waals surface area contributed by atoms with Crippen LogP contribution in [0.25, 0.3) is 6.08 Å². The monoisotopic (exact) mass is 386 g/mol. The number of thiazole rings is 1. The number of nitrogens with one attached hydrogen (secondary N) is 1. The first-order valence-electron chi connectivity index (χ1n) is 8.57. The van der Waals surface area contributed by atoms with Gasteiger partial charge in [0.05, 0.1) is 10.7 Å². The minimum Gasteiger partial charge on any atom is -0.454 e. The van der Waals surface area contributed by atoms with E-state index < -0.39 is 5.97 Å². The van der Waals surface area contributed by atoms with Crippen molar-refractivity contribution < 1.29 is 19.1 Å². The molecule has 0 radical (unpaired) electrons. The molecule has 142 valence electrons. The molecule has 1 amide bonds. The van der Waals surface area contributed by atoms with Gasteiger partial charge in [0, 0.05) is 30.5 Å². The van der Waals surface area contributed by atoms with Crippen molar-refractivity contribution >= 4 is 35.1 Å². The Kier molecular flexibility index (Phi) is 7.88. The number of carbonyl (C=O) groups is 3. The number of benzene rings is 1. The van der Waals surface area contributed by atoms with E-state index in [-0.39, 0.29) is 18.3 Å². The van der Waals surface area contributed by atoms with Gasteiger partial charge in [0.2, 0.25) is 5.91 Å². The zero-order valence-corrected chi connectivity index (χ0v) is 16.2. The van der Waals surface area contributed by atoms with Crippen LogP contribution in [0.15, 0.2) is 35.7 Å². The van der Waals surface area contributed by atoms with Gasteiger partial charge in [0.25, 0.3) is 0 Å². The number of carbonyl (C=O) groups excluding carboxylic acids is 3. The van der Waals surface area contributed by atoms with Crippen molar-refractivity contribution in [1.82, 2.24) is 10.3 Å². The molecule has 6 nitrogen and oxygen atoms in total. The number of rotatable bonds is 9. The molecule has 1 N–H and O–H groups in total. The molecule has 1 aromatic carbocycles. The van der Waals surface area contributed by atoms with Crippen LogP contribution >= 0.6 is 11.3 Å². The van der Waals surface area contributed by atoms with E-state index in [9.17, 15) is 14.4 Å². The Morgan fingerprint density at radius 1 is 1.22 bits per heavy atom. The van der Waals surface area contributed by atoms with Crippen LogP contribution in [0.3, 0.4) is 0 Å². The summed E-state index contributed by atoms with van der Waals surface area (Å²) in [7, 11) is 0. The topological polar surface area (TPSA) is 85.4 Å². The first-order valence-corrected chi connectivity index (χ1v) is 9.45. The molecule has 0 fully saturated rings. The third kappa shape index (κ3) is 7.53. The van der Waals surface area contributed by atoms with Crippen molar-refractivity contribution in [3.8, 4) is 0 Å². The lowest BCUT2D eigenvalue weighted by atomic mass is 10.1. The molecule has 0 saturated heterocycles. The number of nitrogens with zero attached hydrogens (tertiary/aromatic N) is 1. The Balaban J connectivity index is 1.75. The van der Waals surface area contributed by atoms with Gasteiger partial charge in [-0.2, -0.15) is 0 Å². The summed E-state index contributed by atoms with van der Waals surface area (Å²) in [6.45, 7) is 3.69. The van der Waals surface area contributed by atoms with Crippen LogP contribution in [-0.2, 0) is 20.7 Å². The molecule has 0 aliphatic heterocycles. The van der Waals surface area contributed by atoms with Crippen molar-refractivity contribution in [1.29, 1.82) is 0 Å². The van der Waals surface area contributed by atoms with E-state index in [1.54, 1.807) is 18.2 Å². The standard InChI is InChI=1S/C20H22N2O4S/c1-14(23)21-11-3-4-16-5-7-17(8-6-16)19(24)12-26-20(25)10-9-18-13-27-15(2)22-18/h5-10,13H,3-4,11-12H2,1-2H3,(H,21,23)/b10-9+. The van der Waals surface area contributed by atoms with Crippen LogP contribution in [0.1, 0.15) is 40.0 Å². The van der Waals surface area contributed by atoms with E-state index in [0.717, 1.165) is 23.4 Å². The van der Waals surface area contributed by atoms with Gasteiger partial charge in [-0.15, -0.1) is 11.3 Å². The van der Waals surface area contributed by atoms with Crippen molar-refractivity contribution in [2.24, 2.45) is 0 Å². The summed E-state index contributed by atoms with van der Waals surface area (Å²) in [5, 5.41) is 5.49. The van der Waals surface area contributed by atoms with E-state index in [0.29, 0.717) is 17.8 Å². The van der Waals surface area contributed by atoms with Gasteiger partial charge in [0.1, 0.15) is 0 Å². The lowest BCUT2D eigenvalue weighted by Gasteiger charge is -2.05. The minimum absolute atomic E-state index is 0.0398. The number of ether oxygens (including phenoxy) is 1. The first-order chi connectivity index (χ1) is 12.9. The van der Waals surface area contributed by atoms with E-state index in [4.69, 9.17) is 4.74 Å². The van der Waals surface area contributed by atoms with Gasteiger partial charge < -0.3 is 10.1 Å². The average molecular weight is 386 g/mol. The molecule has 0 atom stereocenters. The Labute approximate surface area is 162 Å². The SMILES string of the molecule is CC(=O)NCCCc1ccc(C(=O)COC(=O)/C=C/c2csc(C)n2)cc1. The number of hydrogen-bond acceptors (Lipinski definition) is 6. The third-order valence-corrected chi connectivity index (χ3v) is 4.46. The molecule has 0 bridgehead atoms. The van der Waals surface area contributed by atoms with Crippen LogP contribution in [0.4, 0.5) is 0 Å². The summed E-state index contributed by atoms with van der Waals surface area (Å²) < 4.78 is 4.98. The molecular weight excluding hydrogens is 364 g/mol. The fraction of sp³-hybridized carbons (Fsp3) is 0.300. The quantitative estimate of drug-likeness (QED) is 0.310. The predicted octanol–water partition coefficient (Wildman–Crippen LogP) is 2.96. The summed E-state index contributed by atoms with van der Waals surface area (Å²) in [6.07, 6.45) is 4.46. The van der Waals surface area contributed by atoms with Crippen molar-refractivity contribution in [2.45, 2.75) is 26.7 Å². The molecule has 0 saturated carbocycles. The number of Topliss-reactive ketones (excluding diaryl/α,β-unsaturated/α-hetero) is 1. The molecule has 0 spiro atoms. The number of ketones is 1. The maximum atomic E-state index is 12.1. The normalized spacial score (nSPS) is 10.7. The second-order valence-corrected chi connectivity index (χ2v) is 7.00. The number of aryl methyl sites for hydroxylation is 2. The number of esters is 1. The van der Waals surface area contributed by atoms with Gasteiger partial charge in [-0.05, 0) is 31.4 Å². The lowest BCUT2D eigenvalue weighted by Crippen LogP contribution is -2.21. The van der Waals surface area contributed by atoms with E-state index in [1.807, 2.05) is 24.4 Å². The molecule has 2 rings (SSSR count). The second kappa shape index (κ2) is 10.4. The summed E-state index contributed by atoms with van der Waals surface area (Å²) in [6, 6.07) is 7.18. The van der Waals surface area contributed by atoms with Crippen molar-refractivity contribution in [2.75, 3.05) is 13.2 Å². The Bertz CT molecular complexity index is 825. The fourth-order valence-corrected chi connectivity index (χ4v) is 2.87. The maximum absolute atomic E-state index is 12.1. The van der Waals surface area contributed by atoms with Crippen molar-refractivity contribution in [3.05, 3.63) is 57.6 Å². The molecular formula is C20H22N2O4S. The van der Waals surface area contributed by atoms with E-state index in [2.05, 4.69) is 10.3 Å².